The minimum Gasteiger partial charge on any atom is -0.487 e. The second-order valence-electron chi connectivity index (χ2n) is 4.00. The van der Waals surface area contributed by atoms with Gasteiger partial charge in [0.15, 0.2) is 11.6 Å². The molecule has 2 N–H and O–H groups in total. The molecule has 0 aliphatic rings. The SMILES string of the molecule is COCC(CO)Nc1ncccc1OC(C)C. The van der Waals surface area contributed by atoms with Crippen molar-refractivity contribution >= 4 is 5.82 Å². The number of ether oxygens (including phenoxy) is 2. The monoisotopic (exact) mass is 240 g/mol. The van der Waals surface area contributed by atoms with Gasteiger partial charge in [0.05, 0.1) is 25.4 Å². The standard InChI is InChI=1S/C12H20N2O3/c1-9(2)17-11-5-4-6-13-12(11)14-10(7-15)8-16-3/h4-6,9-10,15H,7-8H2,1-3H3,(H,13,14). The second-order valence-corrected chi connectivity index (χ2v) is 4.00. The average Bonchev–Trinajstić information content (AvgIpc) is 2.30. The molecule has 1 aromatic rings. The summed E-state index contributed by atoms with van der Waals surface area (Å²) in [6.07, 6.45) is 1.76. The van der Waals surface area contributed by atoms with E-state index in [-0.39, 0.29) is 18.8 Å². The summed E-state index contributed by atoms with van der Waals surface area (Å²) in [5, 5.41) is 12.3. The van der Waals surface area contributed by atoms with Crippen molar-refractivity contribution in [3.8, 4) is 5.75 Å². The topological polar surface area (TPSA) is 63.6 Å². The van der Waals surface area contributed by atoms with Gasteiger partial charge in [-0.25, -0.2) is 4.98 Å². The normalized spacial score (nSPS) is 12.5. The first kappa shape index (κ1) is 13.7. The Morgan fingerprint density at radius 3 is 2.82 bits per heavy atom. The highest BCUT2D eigenvalue weighted by atomic mass is 16.5. The Morgan fingerprint density at radius 2 is 2.24 bits per heavy atom. The second kappa shape index (κ2) is 7.09. The van der Waals surface area contributed by atoms with Crippen LogP contribution in [-0.2, 0) is 4.74 Å². The quantitative estimate of drug-likeness (QED) is 0.752. The van der Waals surface area contributed by atoms with Crippen LogP contribution >= 0.6 is 0 Å². The van der Waals surface area contributed by atoms with E-state index >= 15 is 0 Å². The summed E-state index contributed by atoms with van der Waals surface area (Å²) in [4.78, 5) is 4.20. The molecule has 0 saturated heterocycles. The average molecular weight is 240 g/mol. The molecule has 0 spiro atoms. The Bertz CT molecular complexity index is 331. The highest BCUT2D eigenvalue weighted by molar-refractivity contribution is 5.50. The van der Waals surface area contributed by atoms with Crippen molar-refractivity contribution in [2.24, 2.45) is 0 Å². The number of rotatable bonds is 7. The fraction of sp³-hybridized carbons (Fsp3) is 0.583. The van der Waals surface area contributed by atoms with Gasteiger partial charge in [0.2, 0.25) is 0 Å². The Kier molecular flexibility index (Phi) is 5.72. The van der Waals surface area contributed by atoms with Crippen molar-refractivity contribution in [3.63, 3.8) is 0 Å². The van der Waals surface area contributed by atoms with Crippen LogP contribution in [-0.4, -0.2) is 42.6 Å². The molecule has 0 bridgehead atoms. The number of nitrogens with one attached hydrogen (secondary N) is 1. The van der Waals surface area contributed by atoms with Crippen LogP contribution in [0.4, 0.5) is 5.82 Å². The zero-order valence-electron chi connectivity index (χ0n) is 10.5. The molecular formula is C12H20N2O3. The lowest BCUT2D eigenvalue weighted by atomic mass is 10.3. The van der Waals surface area contributed by atoms with E-state index < -0.39 is 0 Å². The summed E-state index contributed by atoms with van der Waals surface area (Å²) < 4.78 is 10.6. The molecule has 96 valence electrons. The summed E-state index contributed by atoms with van der Waals surface area (Å²) in [6, 6.07) is 3.47. The number of aliphatic hydroxyl groups is 1. The lowest BCUT2D eigenvalue weighted by molar-refractivity contribution is 0.152. The lowest BCUT2D eigenvalue weighted by Gasteiger charge is -2.19. The third-order valence-electron chi connectivity index (χ3n) is 2.06. The van der Waals surface area contributed by atoms with Gasteiger partial charge in [0.1, 0.15) is 0 Å². The Morgan fingerprint density at radius 1 is 1.47 bits per heavy atom. The molecule has 1 rings (SSSR count). The minimum absolute atomic E-state index is 0.0223. The molecule has 0 aliphatic carbocycles. The summed E-state index contributed by atoms with van der Waals surface area (Å²) in [5.74, 6) is 1.30. The zero-order chi connectivity index (χ0) is 12.7. The summed E-state index contributed by atoms with van der Waals surface area (Å²) in [6.45, 7) is 4.30. The van der Waals surface area contributed by atoms with Gasteiger partial charge < -0.3 is 19.9 Å². The summed E-state index contributed by atoms with van der Waals surface area (Å²) in [7, 11) is 1.59. The fourth-order valence-corrected chi connectivity index (χ4v) is 1.38. The number of aliphatic hydroxyl groups excluding tert-OH is 1. The van der Waals surface area contributed by atoms with Gasteiger partial charge in [-0.15, -0.1) is 0 Å². The molecule has 1 heterocycles. The lowest BCUT2D eigenvalue weighted by Crippen LogP contribution is -2.29. The Hall–Kier alpha value is -1.33. The van der Waals surface area contributed by atoms with E-state index in [2.05, 4.69) is 10.3 Å². The van der Waals surface area contributed by atoms with Crippen molar-refractivity contribution in [3.05, 3.63) is 18.3 Å². The van der Waals surface area contributed by atoms with Crippen LogP contribution in [0.25, 0.3) is 0 Å². The molecule has 0 radical (unpaired) electrons. The minimum atomic E-state index is -0.190. The Balaban J connectivity index is 2.74. The predicted molar refractivity (Wildman–Crippen MR) is 66.4 cm³/mol. The number of methoxy groups -OCH3 is 1. The molecule has 0 aliphatic heterocycles. The maximum absolute atomic E-state index is 9.18. The van der Waals surface area contributed by atoms with E-state index in [1.165, 1.54) is 0 Å². The van der Waals surface area contributed by atoms with Gasteiger partial charge in [0.25, 0.3) is 0 Å². The van der Waals surface area contributed by atoms with Crippen molar-refractivity contribution in [1.82, 2.24) is 4.98 Å². The number of pyridine rings is 1. The summed E-state index contributed by atoms with van der Waals surface area (Å²) in [5.41, 5.74) is 0. The third kappa shape index (κ3) is 4.58. The number of nitrogens with zero attached hydrogens (tertiary/aromatic N) is 1. The molecular weight excluding hydrogens is 220 g/mol. The molecule has 17 heavy (non-hydrogen) atoms. The number of hydrogen-bond donors (Lipinski definition) is 2. The first-order valence-electron chi connectivity index (χ1n) is 5.65. The molecule has 0 saturated carbocycles. The molecule has 5 nitrogen and oxygen atoms in total. The van der Waals surface area contributed by atoms with Gasteiger partial charge in [-0.1, -0.05) is 0 Å². The van der Waals surface area contributed by atoms with Gasteiger partial charge in [-0.2, -0.15) is 0 Å². The van der Waals surface area contributed by atoms with Crippen molar-refractivity contribution in [2.75, 3.05) is 25.6 Å². The van der Waals surface area contributed by atoms with Gasteiger partial charge >= 0.3 is 0 Å². The molecule has 0 fully saturated rings. The first-order valence-corrected chi connectivity index (χ1v) is 5.65. The highest BCUT2D eigenvalue weighted by Gasteiger charge is 2.12. The van der Waals surface area contributed by atoms with E-state index in [1.54, 1.807) is 13.3 Å². The third-order valence-corrected chi connectivity index (χ3v) is 2.06. The number of hydrogen-bond acceptors (Lipinski definition) is 5. The van der Waals surface area contributed by atoms with E-state index in [0.29, 0.717) is 18.2 Å². The van der Waals surface area contributed by atoms with E-state index in [0.717, 1.165) is 0 Å². The summed E-state index contributed by atoms with van der Waals surface area (Å²) >= 11 is 0. The van der Waals surface area contributed by atoms with Crippen molar-refractivity contribution in [1.29, 1.82) is 0 Å². The van der Waals surface area contributed by atoms with Crippen LogP contribution in [0.2, 0.25) is 0 Å². The van der Waals surface area contributed by atoms with Crippen LogP contribution < -0.4 is 10.1 Å². The molecule has 1 unspecified atom stereocenters. The number of aromatic nitrogens is 1. The van der Waals surface area contributed by atoms with Crippen LogP contribution in [0, 0.1) is 0 Å². The number of anilines is 1. The van der Waals surface area contributed by atoms with Gasteiger partial charge in [-0.3, -0.25) is 0 Å². The highest BCUT2D eigenvalue weighted by Crippen LogP contribution is 2.22. The van der Waals surface area contributed by atoms with E-state index in [4.69, 9.17) is 9.47 Å². The van der Waals surface area contributed by atoms with Gasteiger partial charge in [0, 0.05) is 13.3 Å². The van der Waals surface area contributed by atoms with Crippen LogP contribution in [0.1, 0.15) is 13.8 Å². The van der Waals surface area contributed by atoms with E-state index in [9.17, 15) is 5.11 Å². The maximum atomic E-state index is 9.18. The smallest absolute Gasteiger partial charge is 0.169 e. The molecule has 0 amide bonds. The molecule has 1 aromatic heterocycles. The molecule has 0 aromatic carbocycles. The van der Waals surface area contributed by atoms with Crippen molar-refractivity contribution in [2.45, 2.75) is 26.0 Å². The van der Waals surface area contributed by atoms with Crippen LogP contribution in [0.5, 0.6) is 5.75 Å². The Labute approximate surface area is 102 Å². The van der Waals surface area contributed by atoms with Crippen molar-refractivity contribution < 1.29 is 14.6 Å². The first-order chi connectivity index (χ1) is 8.17. The predicted octanol–water partition coefficient (Wildman–Crippen LogP) is 1.29. The van der Waals surface area contributed by atoms with Gasteiger partial charge in [-0.05, 0) is 26.0 Å². The fourth-order valence-electron chi connectivity index (χ4n) is 1.38. The van der Waals surface area contributed by atoms with Crippen LogP contribution in [0.3, 0.4) is 0 Å². The molecule has 5 heteroatoms. The maximum Gasteiger partial charge on any atom is 0.169 e. The zero-order valence-corrected chi connectivity index (χ0v) is 10.5. The van der Waals surface area contributed by atoms with Crippen LogP contribution in [0.15, 0.2) is 18.3 Å². The largest absolute Gasteiger partial charge is 0.487 e. The van der Waals surface area contributed by atoms with E-state index in [1.807, 2.05) is 26.0 Å². The molecule has 1 atom stereocenters.